The van der Waals surface area contributed by atoms with Crippen LogP contribution in [0.2, 0.25) is 0 Å². The maximum absolute atomic E-state index is 2.39. The van der Waals surface area contributed by atoms with E-state index in [4.69, 9.17) is 0 Å². The number of aryl methyl sites for hydroxylation is 1. The molecule has 0 bridgehead atoms. The second-order valence-electron chi connectivity index (χ2n) is 11.5. The fourth-order valence-corrected chi connectivity index (χ4v) is 7.02. The Morgan fingerprint density at radius 3 is 1.77 bits per heavy atom. The van der Waals surface area contributed by atoms with Gasteiger partial charge in [0.2, 0.25) is 0 Å². The largest absolute Gasteiger partial charge is 0.344 e. The molecule has 0 saturated heterocycles. The summed E-state index contributed by atoms with van der Waals surface area (Å²) in [5.41, 5.74) is 11.1. The van der Waals surface area contributed by atoms with Crippen molar-refractivity contribution >= 4 is 54.4 Å². The lowest BCUT2D eigenvalue weighted by Crippen LogP contribution is -1.93. The first-order valence-corrected chi connectivity index (χ1v) is 14.8. The molecule has 2 heterocycles. The smallest absolute Gasteiger partial charge is 0.0541 e. The van der Waals surface area contributed by atoms with Crippen LogP contribution < -0.4 is 0 Å². The second-order valence-corrected chi connectivity index (χ2v) is 11.5. The average Bonchev–Trinajstić information content (AvgIpc) is 3.56. The Bertz CT molecular complexity index is 2490. The Labute approximate surface area is 249 Å². The lowest BCUT2D eigenvalue weighted by atomic mass is 9.99. The molecule has 0 fully saturated rings. The van der Waals surface area contributed by atoms with Crippen LogP contribution in [0.3, 0.4) is 0 Å². The summed E-state index contributed by atoms with van der Waals surface area (Å²) in [7, 11) is 2.17. The molecule has 7 aromatic carbocycles. The van der Waals surface area contributed by atoms with Crippen LogP contribution in [0.5, 0.6) is 0 Å². The molecule has 2 nitrogen and oxygen atoms in total. The zero-order valence-electron chi connectivity index (χ0n) is 23.8. The van der Waals surface area contributed by atoms with Gasteiger partial charge in [-0.3, -0.25) is 0 Å². The maximum Gasteiger partial charge on any atom is 0.0541 e. The Hall–Kier alpha value is -5.60. The summed E-state index contributed by atoms with van der Waals surface area (Å²) < 4.78 is 4.71. The molecule has 0 unspecified atom stereocenters. The first-order valence-electron chi connectivity index (χ1n) is 14.8. The van der Waals surface area contributed by atoms with E-state index >= 15 is 0 Å². The minimum absolute atomic E-state index is 1.17. The molecule has 9 aromatic rings. The molecule has 0 atom stereocenters. The van der Waals surface area contributed by atoms with Crippen molar-refractivity contribution in [3.8, 4) is 27.9 Å². The number of para-hydroxylation sites is 1. The summed E-state index contributed by atoms with van der Waals surface area (Å²) in [6.45, 7) is 0. The molecule has 0 amide bonds. The van der Waals surface area contributed by atoms with Crippen LogP contribution in [0.15, 0.2) is 152 Å². The van der Waals surface area contributed by atoms with Crippen molar-refractivity contribution in [1.82, 2.24) is 9.13 Å². The highest BCUT2D eigenvalue weighted by atomic mass is 15.0. The maximum atomic E-state index is 2.39. The Balaban J connectivity index is 1.22. The van der Waals surface area contributed by atoms with Crippen molar-refractivity contribution < 1.29 is 0 Å². The van der Waals surface area contributed by atoms with Crippen molar-refractivity contribution in [2.24, 2.45) is 7.05 Å². The Morgan fingerprint density at radius 2 is 0.953 bits per heavy atom. The fraction of sp³-hybridized carbons (Fsp3) is 0.0244. The predicted octanol–water partition coefficient (Wildman–Crippen LogP) is 10.9. The normalized spacial score (nSPS) is 11.8. The molecule has 2 heteroatoms. The molecule has 9 rings (SSSR count). The number of aromatic nitrogens is 2. The highest BCUT2D eigenvalue weighted by molar-refractivity contribution is 6.21. The first kappa shape index (κ1) is 24.0. The second kappa shape index (κ2) is 9.20. The van der Waals surface area contributed by atoms with Crippen molar-refractivity contribution in [2.75, 3.05) is 0 Å². The Morgan fingerprint density at radius 1 is 0.372 bits per heavy atom. The van der Waals surface area contributed by atoms with Crippen molar-refractivity contribution in [3.05, 3.63) is 152 Å². The summed E-state index contributed by atoms with van der Waals surface area (Å²) in [5, 5.41) is 7.74. The van der Waals surface area contributed by atoms with Crippen LogP contribution in [0.4, 0.5) is 0 Å². The molecular weight excluding hydrogens is 520 g/mol. The molecule has 202 valence electrons. The van der Waals surface area contributed by atoms with E-state index in [0.717, 1.165) is 0 Å². The van der Waals surface area contributed by atoms with Gasteiger partial charge in [0, 0.05) is 45.3 Å². The molecule has 0 aliphatic carbocycles. The van der Waals surface area contributed by atoms with Gasteiger partial charge in [0.25, 0.3) is 0 Å². The van der Waals surface area contributed by atoms with Crippen LogP contribution in [-0.2, 0) is 7.05 Å². The summed E-state index contributed by atoms with van der Waals surface area (Å²) in [6.07, 6.45) is 0. The van der Waals surface area contributed by atoms with E-state index in [-0.39, 0.29) is 0 Å². The van der Waals surface area contributed by atoms with Gasteiger partial charge in [-0.15, -0.1) is 0 Å². The highest BCUT2D eigenvalue weighted by Crippen LogP contribution is 2.39. The van der Waals surface area contributed by atoms with Crippen molar-refractivity contribution in [3.63, 3.8) is 0 Å². The van der Waals surface area contributed by atoms with E-state index in [0.29, 0.717) is 0 Å². The van der Waals surface area contributed by atoms with Gasteiger partial charge >= 0.3 is 0 Å². The monoisotopic (exact) mass is 548 g/mol. The van der Waals surface area contributed by atoms with Crippen LogP contribution in [0.1, 0.15) is 0 Å². The van der Waals surface area contributed by atoms with E-state index < -0.39 is 0 Å². The molecule has 0 aliphatic heterocycles. The topological polar surface area (TPSA) is 9.86 Å². The van der Waals surface area contributed by atoms with Gasteiger partial charge in [0.05, 0.1) is 11.0 Å². The third-order valence-electron chi connectivity index (χ3n) is 9.13. The standard InChI is InChI=1S/C41H28N2/c1-42-37-22-18-31(26-36(37)41-33-12-6-5-11-29(33)17-24-40(41)42)30-19-23-39-35(25-30)34-13-7-8-14-38(34)43(39)32-20-15-28(16-21-32)27-9-3-2-4-10-27/h2-26H,1H3. The van der Waals surface area contributed by atoms with E-state index in [1.807, 2.05) is 0 Å². The minimum atomic E-state index is 1.17. The lowest BCUT2D eigenvalue weighted by Gasteiger charge is -2.10. The fourth-order valence-electron chi connectivity index (χ4n) is 7.02. The zero-order valence-corrected chi connectivity index (χ0v) is 23.8. The van der Waals surface area contributed by atoms with Gasteiger partial charge in [-0.2, -0.15) is 0 Å². The number of hydrogen-bond donors (Lipinski definition) is 0. The quantitative estimate of drug-likeness (QED) is 0.208. The van der Waals surface area contributed by atoms with E-state index in [2.05, 4.69) is 168 Å². The number of hydrogen-bond acceptors (Lipinski definition) is 0. The molecule has 43 heavy (non-hydrogen) atoms. The first-order chi connectivity index (χ1) is 21.2. The van der Waals surface area contributed by atoms with E-state index in [1.54, 1.807) is 0 Å². The summed E-state index contributed by atoms with van der Waals surface area (Å²) in [5.74, 6) is 0. The third-order valence-corrected chi connectivity index (χ3v) is 9.13. The van der Waals surface area contributed by atoms with Gasteiger partial charge in [-0.1, -0.05) is 103 Å². The molecule has 0 spiro atoms. The predicted molar refractivity (Wildman–Crippen MR) is 183 cm³/mol. The number of fused-ring (bicyclic) bond motifs is 8. The molecule has 0 radical (unpaired) electrons. The van der Waals surface area contributed by atoms with Crippen molar-refractivity contribution in [1.29, 1.82) is 0 Å². The van der Waals surface area contributed by atoms with Gasteiger partial charge in [-0.25, -0.2) is 0 Å². The van der Waals surface area contributed by atoms with Gasteiger partial charge < -0.3 is 9.13 Å². The molecule has 2 aromatic heterocycles. The number of benzene rings is 7. The molecule has 0 N–H and O–H groups in total. The summed E-state index contributed by atoms with van der Waals surface area (Å²) in [4.78, 5) is 0. The molecular formula is C41H28N2. The van der Waals surface area contributed by atoms with E-state index in [9.17, 15) is 0 Å². The lowest BCUT2D eigenvalue weighted by molar-refractivity contribution is 1.01. The van der Waals surface area contributed by atoms with Crippen LogP contribution >= 0.6 is 0 Å². The molecule has 0 saturated carbocycles. The molecule has 0 aliphatic rings. The summed E-state index contributed by atoms with van der Waals surface area (Å²) in [6, 6.07) is 55.3. The average molecular weight is 549 g/mol. The third kappa shape index (κ3) is 3.60. The van der Waals surface area contributed by atoms with Gasteiger partial charge in [-0.05, 0) is 81.6 Å². The van der Waals surface area contributed by atoms with Crippen LogP contribution in [0, 0.1) is 0 Å². The van der Waals surface area contributed by atoms with Crippen LogP contribution in [-0.4, -0.2) is 9.13 Å². The van der Waals surface area contributed by atoms with E-state index in [1.165, 1.54) is 82.3 Å². The van der Waals surface area contributed by atoms with Gasteiger partial charge in [0.15, 0.2) is 0 Å². The zero-order chi connectivity index (χ0) is 28.5. The SMILES string of the molecule is Cn1c2ccc(-c3ccc4c(c3)c3ccccc3n4-c3ccc(-c4ccccc4)cc3)cc2c2c3ccccc3ccc21. The van der Waals surface area contributed by atoms with Crippen LogP contribution in [0.25, 0.3) is 82.3 Å². The highest BCUT2D eigenvalue weighted by Gasteiger charge is 2.15. The number of rotatable bonds is 3. The number of nitrogens with zero attached hydrogens (tertiary/aromatic N) is 2. The van der Waals surface area contributed by atoms with Gasteiger partial charge in [0.1, 0.15) is 0 Å². The summed E-state index contributed by atoms with van der Waals surface area (Å²) >= 11 is 0. The minimum Gasteiger partial charge on any atom is -0.344 e. The Kier molecular flexibility index (Phi) is 5.15. The van der Waals surface area contributed by atoms with Crippen molar-refractivity contribution in [2.45, 2.75) is 0 Å².